The molecular formula is C11H15N3O2S. The molecule has 2 N–H and O–H groups in total. The minimum atomic E-state index is -0.536. The van der Waals surface area contributed by atoms with Crippen LogP contribution in [0.15, 0.2) is 11.7 Å². The van der Waals surface area contributed by atoms with E-state index in [-0.39, 0.29) is 0 Å². The average molecular weight is 253 g/mol. The quantitative estimate of drug-likeness (QED) is 0.843. The molecule has 0 bridgehead atoms. The van der Waals surface area contributed by atoms with Gasteiger partial charge in [-0.3, -0.25) is 0 Å². The van der Waals surface area contributed by atoms with E-state index < -0.39 is 6.10 Å². The lowest BCUT2D eigenvalue weighted by atomic mass is 10.3. The van der Waals surface area contributed by atoms with Gasteiger partial charge in [-0.15, -0.1) is 11.3 Å². The molecule has 0 radical (unpaired) electrons. The zero-order valence-corrected chi connectivity index (χ0v) is 10.6. The molecule has 2 aromatic rings. The summed E-state index contributed by atoms with van der Waals surface area (Å²) in [5, 5.41) is 14.7. The molecule has 0 aliphatic carbocycles. The number of aliphatic hydroxyl groups is 1. The molecule has 1 unspecified atom stereocenters. The lowest BCUT2D eigenvalue weighted by Crippen LogP contribution is -2.24. The summed E-state index contributed by atoms with van der Waals surface area (Å²) < 4.78 is 5.89. The molecule has 17 heavy (non-hydrogen) atoms. The van der Waals surface area contributed by atoms with Gasteiger partial charge in [0.2, 0.25) is 0 Å². The molecule has 0 fully saturated rings. The summed E-state index contributed by atoms with van der Waals surface area (Å²) >= 11 is 1.61. The summed E-state index contributed by atoms with van der Waals surface area (Å²) in [4.78, 5) is 8.43. The van der Waals surface area contributed by atoms with Crippen LogP contribution < -0.4 is 5.32 Å². The number of hydrogen-bond donors (Lipinski definition) is 2. The van der Waals surface area contributed by atoms with Gasteiger partial charge in [-0.1, -0.05) is 0 Å². The maximum atomic E-state index is 9.56. The lowest BCUT2D eigenvalue weighted by Gasteiger charge is -2.11. The molecule has 2 rings (SSSR count). The van der Waals surface area contributed by atoms with Gasteiger partial charge in [-0.2, -0.15) is 0 Å². The van der Waals surface area contributed by atoms with Gasteiger partial charge in [0.1, 0.15) is 12.1 Å². The van der Waals surface area contributed by atoms with Gasteiger partial charge in [0, 0.05) is 13.7 Å². The van der Waals surface area contributed by atoms with Crippen LogP contribution in [0.4, 0.5) is 5.82 Å². The summed E-state index contributed by atoms with van der Waals surface area (Å²) in [6.45, 7) is 2.75. The highest BCUT2D eigenvalue weighted by molar-refractivity contribution is 7.18. The molecule has 2 heterocycles. The Hall–Kier alpha value is -1.24. The molecule has 0 spiro atoms. The molecule has 6 heteroatoms. The Morgan fingerprint density at radius 1 is 1.53 bits per heavy atom. The van der Waals surface area contributed by atoms with Gasteiger partial charge in [0.05, 0.1) is 22.9 Å². The van der Waals surface area contributed by atoms with Crippen LogP contribution in [0, 0.1) is 6.92 Å². The van der Waals surface area contributed by atoms with Crippen molar-refractivity contribution in [3.8, 4) is 0 Å². The molecule has 0 aliphatic heterocycles. The van der Waals surface area contributed by atoms with Gasteiger partial charge < -0.3 is 15.2 Å². The fourth-order valence-electron chi connectivity index (χ4n) is 1.56. The Kier molecular flexibility index (Phi) is 3.88. The molecular weight excluding hydrogens is 238 g/mol. The first-order chi connectivity index (χ1) is 8.22. The summed E-state index contributed by atoms with van der Waals surface area (Å²) in [7, 11) is 1.56. The Morgan fingerprint density at radius 3 is 3.12 bits per heavy atom. The number of thiophene rings is 1. The average Bonchev–Trinajstić information content (AvgIpc) is 2.70. The topological polar surface area (TPSA) is 67.3 Å². The highest BCUT2D eigenvalue weighted by Crippen LogP contribution is 2.28. The van der Waals surface area contributed by atoms with E-state index in [2.05, 4.69) is 20.7 Å². The number of methoxy groups -OCH3 is 1. The molecule has 0 aromatic carbocycles. The van der Waals surface area contributed by atoms with Crippen molar-refractivity contribution in [2.75, 3.05) is 25.6 Å². The van der Waals surface area contributed by atoms with Crippen molar-refractivity contribution in [1.82, 2.24) is 9.97 Å². The van der Waals surface area contributed by atoms with E-state index in [0.29, 0.717) is 13.2 Å². The van der Waals surface area contributed by atoms with Crippen LogP contribution in [0.1, 0.15) is 5.56 Å². The van der Waals surface area contributed by atoms with Gasteiger partial charge in [0.25, 0.3) is 0 Å². The number of nitrogens with one attached hydrogen (secondary N) is 1. The van der Waals surface area contributed by atoms with Crippen molar-refractivity contribution in [2.45, 2.75) is 13.0 Å². The molecule has 0 saturated heterocycles. The highest BCUT2D eigenvalue weighted by atomic mass is 32.1. The van der Waals surface area contributed by atoms with Gasteiger partial charge >= 0.3 is 0 Å². The highest BCUT2D eigenvalue weighted by Gasteiger charge is 2.09. The van der Waals surface area contributed by atoms with Crippen LogP contribution in [0.25, 0.3) is 10.2 Å². The lowest BCUT2D eigenvalue weighted by molar-refractivity contribution is 0.0727. The Balaban J connectivity index is 2.13. The van der Waals surface area contributed by atoms with E-state index in [1.807, 2.05) is 6.92 Å². The molecule has 2 aromatic heterocycles. The van der Waals surface area contributed by atoms with Crippen molar-refractivity contribution in [3.63, 3.8) is 0 Å². The van der Waals surface area contributed by atoms with Crippen molar-refractivity contribution < 1.29 is 9.84 Å². The summed E-state index contributed by atoms with van der Waals surface area (Å²) in [5.41, 5.74) is 2.11. The van der Waals surface area contributed by atoms with E-state index in [0.717, 1.165) is 21.6 Å². The van der Waals surface area contributed by atoms with Gasteiger partial charge in [-0.25, -0.2) is 9.97 Å². The molecule has 92 valence electrons. The van der Waals surface area contributed by atoms with Crippen LogP contribution in [-0.4, -0.2) is 41.4 Å². The Bertz CT molecular complexity index is 500. The number of ether oxygens (including phenoxy) is 1. The number of fused-ring (bicyclic) bond motifs is 1. The number of nitrogens with zero attached hydrogens (tertiary/aromatic N) is 2. The summed E-state index contributed by atoms with van der Waals surface area (Å²) in [6, 6.07) is 0. The number of aliphatic hydroxyl groups excluding tert-OH is 1. The first-order valence-corrected chi connectivity index (χ1v) is 6.20. The fraction of sp³-hybridized carbons (Fsp3) is 0.455. The second-order valence-electron chi connectivity index (χ2n) is 3.81. The third-order valence-corrected chi connectivity index (χ3v) is 3.49. The second kappa shape index (κ2) is 5.39. The van der Waals surface area contributed by atoms with Crippen LogP contribution in [0.3, 0.4) is 0 Å². The van der Waals surface area contributed by atoms with Crippen molar-refractivity contribution in [1.29, 1.82) is 0 Å². The van der Waals surface area contributed by atoms with Gasteiger partial charge in [0.15, 0.2) is 0 Å². The first-order valence-electron chi connectivity index (χ1n) is 5.32. The number of aryl methyl sites for hydroxylation is 1. The maximum Gasteiger partial charge on any atom is 0.147 e. The maximum absolute atomic E-state index is 9.56. The van der Waals surface area contributed by atoms with E-state index in [1.54, 1.807) is 18.4 Å². The van der Waals surface area contributed by atoms with E-state index in [9.17, 15) is 5.11 Å². The van der Waals surface area contributed by atoms with E-state index in [4.69, 9.17) is 4.74 Å². The molecule has 0 saturated carbocycles. The summed E-state index contributed by atoms with van der Waals surface area (Å²) in [5.74, 6) is 0.767. The Labute approximate surface area is 103 Å². The third kappa shape index (κ3) is 2.71. The predicted molar refractivity (Wildman–Crippen MR) is 68.5 cm³/mol. The van der Waals surface area contributed by atoms with Crippen molar-refractivity contribution in [2.24, 2.45) is 0 Å². The number of hydrogen-bond acceptors (Lipinski definition) is 6. The number of rotatable bonds is 5. The molecule has 0 amide bonds. The molecule has 5 nitrogen and oxygen atoms in total. The minimum absolute atomic E-state index is 0.310. The third-order valence-electron chi connectivity index (χ3n) is 2.40. The van der Waals surface area contributed by atoms with Crippen molar-refractivity contribution >= 4 is 27.4 Å². The largest absolute Gasteiger partial charge is 0.389 e. The van der Waals surface area contributed by atoms with Crippen LogP contribution in [-0.2, 0) is 4.74 Å². The Morgan fingerprint density at radius 2 is 2.35 bits per heavy atom. The smallest absolute Gasteiger partial charge is 0.147 e. The molecule has 1 atom stereocenters. The summed E-state index contributed by atoms with van der Waals surface area (Å²) in [6.07, 6.45) is 0.999. The van der Waals surface area contributed by atoms with Crippen LogP contribution >= 0.6 is 11.3 Å². The minimum Gasteiger partial charge on any atom is -0.389 e. The monoisotopic (exact) mass is 253 g/mol. The second-order valence-corrected chi connectivity index (χ2v) is 4.69. The SMILES string of the molecule is COCC(O)CNc1ncnc2c(C)csc12. The predicted octanol–water partition coefficient (Wildman–Crippen LogP) is 1.42. The van der Waals surface area contributed by atoms with Crippen LogP contribution in [0.5, 0.6) is 0 Å². The number of anilines is 1. The van der Waals surface area contributed by atoms with Crippen molar-refractivity contribution in [3.05, 3.63) is 17.3 Å². The standard InChI is InChI=1S/C11H15N3O2S/c1-7-5-17-10-9(7)13-6-14-11(10)12-3-8(15)4-16-2/h5-6,8,15H,3-4H2,1-2H3,(H,12,13,14). The number of aromatic nitrogens is 2. The van der Waals surface area contributed by atoms with E-state index >= 15 is 0 Å². The normalized spacial score (nSPS) is 12.9. The fourth-order valence-corrected chi connectivity index (χ4v) is 2.53. The zero-order chi connectivity index (χ0) is 12.3. The zero-order valence-electron chi connectivity index (χ0n) is 9.80. The van der Waals surface area contributed by atoms with Crippen LogP contribution in [0.2, 0.25) is 0 Å². The first kappa shape index (κ1) is 12.2. The van der Waals surface area contributed by atoms with E-state index in [1.165, 1.54) is 6.33 Å². The van der Waals surface area contributed by atoms with Gasteiger partial charge in [-0.05, 0) is 17.9 Å². The molecule has 0 aliphatic rings.